The van der Waals surface area contributed by atoms with E-state index in [0.29, 0.717) is 18.4 Å². The molecule has 0 saturated carbocycles. The number of nitrogens with zero attached hydrogens (tertiary/aromatic N) is 3. The first-order valence-corrected chi connectivity index (χ1v) is 7.55. The zero-order chi connectivity index (χ0) is 13.2. The Morgan fingerprint density at radius 2 is 2.37 bits per heavy atom. The summed E-state index contributed by atoms with van der Waals surface area (Å²) in [6.45, 7) is 5.22. The monoisotopic (exact) mass is 278 g/mol. The van der Waals surface area contributed by atoms with E-state index in [-0.39, 0.29) is 0 Å². The number of thiazole rings is 1. The third-order valence-electron chi connectivity index (χ3n) is 3.43. The molecule has 2 aromatic rings. The standard InChI is InChI=1S/C13H18N4OS/c1-8-5-10(3-4-14-8)13-16-11(17-18-13)6-12-15-9(2)7-19-12/h7-8,10,14H,3-6H2,1-2H3. The predicted octanol–water partition coefficient (Wildman–Crippen LogP) is 2.28. The van der Waals surface area contributed by atoms with E-state index < -0.39 is 0 Å². The van der Waals surface area contributed by atoms with Gasteiger partial charge < -0.3 is 9.84 Å². The van der Waals surface area contributed by atoms with Crippen molar-refractivity contribution in [2.24, 2.45) is 0 Å². The van der Waals surface area contributed by atoms with Crippen LogP contribution in [0.3, 0.4) is 0 Å². The first-order chi connectivity index (χ1) is 9.20. The average molecular weight is 278 g/mol. The Kier molecular flexibility index (Phi) is 3.61. The highest BCUT2D eigenvalue weighted by molar-refractivity contribution is 7.09. The highest BCUT2D eigenvalue weighted by Gasteiger charge is 2.25. The fourth-order valence-electron chi connectivity index (χ4n) is 2.48. The molecule has 0 amide bonds. The summed E-state index contributed by atoms with van der Waals surface area (Å²) in [7, 11) is 0. The first kappa shape index (κ1) is 12.7. The molecular weight excluding hydrogens is 260 g/mol. The molecule has 2 aromatic heterocycles. The quantitative estimate of drug-likeness (QED) is 0.933. The molecule has 2 unspecified atom stereocenters. The van der Waals surface area contributed by atoms with Crippen LogP contribution < -0.4 is 5.32 Å². The molecule has 0 spiro atoms. The minimum absolute atomic E-state index is 0.399. The van der Waals surface area contributed by atoms with Crippen LogP contribution in [0.1, 0.15) is 48.1 Å². The van der Waals surface area contributed by atoms with E-state index in [0.717, 1.165) is 41.8 Å². The zero-order valence-electron chi connectivity index (χ0n) is 11.2. The van der Waals surface area contributed by atoms with E-state index in [9.17, 15) is 0 Å². The minimum Gasteiger partial charge on any atom is -0.339 e. The topological polar surface area (TPSA) is 63.8 Å². The fourth-order valence-corrected chi connectivity index (χ4v) is 3.25. The summed E-state index contributed by atoms with van der Waals surface area (Å²) in [4.78, 5) is 8.96. The van der Waals surface area contributed by atoms with E-state index >= 15 is 0 Å². The van der Waals surface area contributed by atoms with Gasteiger partial charge in [0, 0.05) is 23.0 Å². The molecule has 102 valence electrons. The van der Waals surface area contributed by atoms with Crippen LogP contribution >= 0.6 is 11.3 Å². The highest BCUT2D eigenvalue weighted by atomic mass is 32.1. The molecule has 1 fully saturated rings. The average Bonchev–Trinajstić information content (AvgIpc) is 2.99. The molecule has 0 radical (unpaired) electrons. The van der Waals surface area contributed by atoms with Crippen molar-refractivity contribution >= 4 is 11.3 Å². The summed E-state index contributed by atoms with van der Waals surface area (Å²) in [5.41, 5.74) is 1.05. The van der Waals surface area contributed by atoms with Crippen molar-refractivity contribution in [2.45, 2.75) is 45.1 Å². The lowest BCUT2D eigenvalue weighted by Crippen LogP contribution is -2.34. The number of nitrogens with one attached hydrogen (secondary N) is 1. The number of piperidine rings is 1. The summed E-state index contributed by atoms with van der Waals surface area (Å²) in [5.74, 6) is 1.93. The van der Waals surface area contributed by atoms with Crippen molar-refractivity contribution in [2.75, 3.05) is 6.54 Å². The Morgan fingerprint density at radius 3 is 3.11 bits per heavy atom. The normalized spacial score (nSPS) is 23.7. The number of hydrogen-bond donors (Lipinski definition) is 1. The van der Waals surface area contributed by atoms with Crippen molar-refractivity contribution in [1.29, 1.82) is 0 Å². The van der Waals surface area contributed by atoms with Gasteiger partial charge in [0.2, 0.25) is 5.89 Å². The number of hydrogen-bond acceptors (Lipinski definition) is 6. The zero-order valence-corrected chi connectivity index (χ0v) is 12.0. The van der Waals surface area contributed by atoms with Crippen molar-refractivity contribution < 1.29 is 4.52 Å². The van der Waals surface area contributed by atoms with Gasteiger partial charge in [0.25, 0.3) is 0 Å². The van der Waals surface area contributed by atoms with Gasteiger partial charge in [0.05, 0.1) is 6.42 Å². The molecule has 3 rings (SSSR count). The van der Waals surface area contributed by atoms with E-state index in [1.807, 2.05) is 12.3 Å². The molecule has 1 aliphatic rings. The van der Waals surface area contributed by atoms with Gasteiger partial charge in [-0.3, -0.25) is 0 Å². The van der Waals surface area contributed by atoms with Gasteiger partial charge in [-0.05, 0) is 33.2 Å². The van der Waals surface area contributed by atoms with Gasteiger partial charge in [-0.1, -0.05) is 5.16 Å². The largest absolute Gasteiger partial charge is 0.339 e. The van der Waals surface area contributed by atoms with Crippen LogP contribution in [0.25, 0.3) is 0 Å². The second-order valence-corrected chi connectivity index (χ2v) is 6.13. The molecule has 1 N–H and O–H groups in total. The molecule has 0 aromatic carbocycles. The van der Waals surface area contributed by atoms with E-state index in [2.05, 4.69) is 27.4 Å². The summed E-state index contributed by atoms with van der Waals surface area (Å²) >= 11 is 1.65. The molecule has 5 nitrogen and oxygen atoms in total. The van der Waals surface area contributed by atoms with Crippen LogP contribution in [0, 0.1) is 6.92 Å². The highest BCUT2D eigenvalue weighted by Crippen LogP contribution is 2.26. The molecule has 6 heteroatoms. The maximum Gasteiger partial charge on any atom is 0.229 e. The van der Waals surface area contributed by atoms with Crippen LogP contribution in [0.2, 0.25) is 0 Å². The van der Waals surface area contributed by atoms with Crippen molar-refractivity contribution in [3.63, 3.8) is 0 Å². The molecule has 19 heavy (non-hydrogen) atoms. The predicted molar refractivity (Wildman–Crippen MR) is 73.4 cm³/mol. The lowest BCUT2D eigenvalue weighted by atomic mass is 9.93. The Labute approximate surface area is 116 Å². The third-order valence-corrected chi connectivity index (χ3v) is 4.40. The Bertz CT molecular complexity index is 550. The fraction of sp³-hybridized carbons (Fsp3) is 0.615. The molecule has 2 atom stereocenters. The molecular formula is C13H18N4OS. The van der Waals surface area contributed by atoms with Crippen LogP contribution in [0.5, 0.6) is 0 Å². The molecule has 0 aliphatic carbocycles. The van der Waals surface area contributed by atoms with E-state index in [4.69, 9.17) is 4.52 Å². The van der Waals surface area contributed by atoms with Crippen molar-refractivity contribution in [3.8, 4) is 0 Å². The van der Waals surface area contributed by atoms with Crippen LogP contribution in [0.4, 0.5) is 0 Å². The lowest BCUT2D eigenvalue weighted by molar-refractivity contribution is 0.294. The van der Waals surface area contributed by atoms with Gasteiger partial charge in [0.1, 0.15) is 5.01 Å². The summed E-state index contributed by atoms with van der Waals surface area (Å²) in [6.07, 6.45) is 2.81. The number of aryl methyl sites for hydroxylation is 1. The Hall–Kier alpha value is -1.27. The van der Waals surface area contributed by atoms with Gasteiger partial charge in [0.15, 0.2) is 5.82 Å². The number of rotatable bonds is 3. The third kappa shape index (κ3) is 3.01. The first-order valence-electron chi connectivity index (χ1n) is 6.67. The SMILES string of the molecule is Cc1csc(Cc2noc(C3CCNC(C)C3)n2)n1. The maximum atomic E-state index is 5.42. The Balaban J connectivity index is 1.69. The maximum absolute atomic E-state index is 5.42. The second-order valence-electron chi connectivity index (χ2n) is 5.18. The van der Waals surface area contributed by atoms with Crippen LogP contribution in [-0.4, -0.2) is 27.7 Å². The second kappa shape index (κ2) is 5.38. The smallest absolute Gasteiger partial charge is 0.229 e. The summed E-state index contributed by atoms with van der Waals surface area (Å²) < 4.78 is 5.42. The molecule has 0 bridgehead atoms. The molecule has 3 heterocycles. The van der Waals surface area contributed by atoms with Gasteiger partial charge in [-0.15, -0.1) is 11.3 Å². The van der Waals surface area contributed by atoms with Crippen LogP contribution in [0.15, 0.2) is 9.90 Å². The van der Waals surface area contributed by atoms with Gasteiger partial charge in [-0.2, -0.15) is 4.98 Å². The molecule has 1 aliphatic heterocycles. The summed E-state index contributed by atoms with van der Waals surface area (Å²) in [5, 5.41) is 10.6. The lowest BCUT2D eigenvalue weighted by Gasteiger charge is -2.25. The van der Waals surface area contributed by atoms with Gasteiger partial charge in [-0.25, -0.2) is 4.98 Å². The summed E-state index contributed by atoms with van der Waals surface area (Å²) in [6, 6.07) is 0.524. The Morgan fingerprint density at radius 1 is 1.47 bits per heavy atom. The molecule has 1 saturated heterocycles. The van der Waals surface area contributed by atoms with Crippen molar-refractivity contribution in [3.05, 3.63) is 27.8 Å². The van der Waals surface area contributed by atoms with Gasteiger partial charge >= 0.3 is 0 Å². The van der Waals surface area contributed by atoms with Crippen LogP contribution in [-0.2, 0) is 6.42 Å². The number of aromatic nitrogens is 3. The van der Waals surface area contributed by atoms with Crippen molar-refractivity contribution in [1.82, 2.24) is 20.4 Å². The van der Waals surface area contributed by atoms with E-state index in [1.54, 1.807) is 11.3 Å². The van der Waals surface area contributed by atoms with E-state index in [1.165, 1.54) is 0 Å². The minimum atomic E-state index is 0.399.